The molecular formula is C24H32N2O2. The highest BCUT2D eigenvalue weighted by Crippen LogP contribution is 2.26. The lowest BCUT2D eigenvalue weighted by Crippen LogP contribution is -2.27. The van der Waals surface area contributed by atoms with Crippen molar-refractivity contribution in [3.05, 3.63) is 65.2 Å². The topological polar surface area (TPSA) is 50.7 Å². The summed E-state index contributed by atoms with van der Waals surface area (Å²) in [5.74, 6) is 0.165. The zero-order valence-electron chi connectivity index (χ0n) is 17.8. The minimum absolute atomic E-state index is 0.115. The molecule has 0 saturated carbocycles. The second-order valence-electron chi connectivity index (χ2n) is 8.24. The summed E-state index contributed by atoms with van der Waals surface area (Å²) in [6, 6.07) is 16.1. The van der Waals surface area contributed by atoms with Crippen LogP contribution in [0.2, 0.25) is 0 Å². The lowest BCUT2D eigenvalue weighted by Gasteiger charge is -2.18. The van der Waals surface area contributed by atoms with E-state index in [4.69, 9.17) is 4.84 Å². The van der Waals surface area contributed by atoms with E-state index in [0.29, 0.717) is 5.92 Å². The van der Waals surface area contributed by atoms with Crippen molar-refractivity contribution in [2.45, 2.75) is 65.4 Å². The summed E-state index contributed by atoms with van der Waals surface area (Å²) in [6.45, 7) is 12.5. The van der Waals surface area contributed by atoms with E-state index in [1.165, 1.54) is 5.56 Å². The predicted octanol–water partition coefficient (Wildman–Crippen LogP) is 5.88. The van der Waals surface area contributed by atoms with Gasteiger partial charge in [-0.25, -0.2) is 0 Å². The maximum Gasteiger partial charge on any atom is 0.267 e. The molecule has 0 unspecified atom stereocenters. The van der Waals surface area contributed by atoms with Crippen molar-refractivity contribution >= 4 is 17.8 Å². The van der Waals surface area contributed by atoms with Crippen LogP contribution in [0.5, 0.6) is 0 Å². The highest BCUT2D eigenvalue weighted by atomic mass is 16.6. The molecule has 0 saturated heterocycles. The fraction of sp³-hybridized carbons (Fsp3) is 0.417. The molecule has 0 bridgehead atoms. The molecule has 2 rings (SSSR count). The Morgan fingerprint density at radius 2 is 1.75 bits per heavy atom. The number of rotatable bonds is 7. The first-order valence-corrected chi connectivity index (χ1v) is 9.92. The Labute approximate surface area is 169 Å². The van der Waals surface area contributed by atoms with Gasteiger partial charge in [-0.1, -0.05) is 82.2 Å². The van der Waals surface area contributed by atoms with Crippen LogP contribution in [-0.2, 0) is 15.0 Å². The lowest BCUT2D eigenvalue weighted by atomic mass is 9.87. The number of carbonyl (C=O) groups is 1. The number of nitrogens with zero attached hydrogens (tertiary/aromatic N) is 1. The first-order chi connectivity index (χ1) is 13.2. The average molecular weight is 381 g/mol. The van der Waals surface area contributed by atoms with Crippen molar-refractivity contribution in [1.29, 1.82) is 0 Å². The summed E-state index contributed by atoms with van der Waals surface area (Å²) in [5, 5.41) is 6.94. The highest BCUT2D eigenvalue weighted by Gasteiger charge is 2.17. The van der Waals surface area contributed by atoms with Gasteiger partial charge in [0.15, 0.2) is 0 Å². The molecule has 2 aromatic carbocycles. The largest absolute Gasteiger partial charge is 0.383 e. The van der Waals surface area contributed by atoms with E-state index in [0.717, 1.165) is 23.2 Å². The fourth-order valence-corrected chi connectivity index (χ4v) is 2.79. The molecule has 1 N–H and O–H groups in total. The van der Waals surface area contributed by atoms with Gasteiger partial charge >= 0.3 is 0 Å². The number of amides is 1. The van der Waals surface area contributed by atoms with E-state index in [1.54, 1.807) is 13.1 Å². The normalized spacial score (nSPS) is 13.9. The summed E-state index contributed by atoms with van der Waals surface area (Å²) in [4.78, 5) is 17.8. The molecule has 1 amide bonds. The maximum atomic E-state index is 12.5. The third-order valence-electron chi connectivity index (χ3n) is 4.93. The fourth-order valence-electron chi connectivity index (χ4n) is 2.79. The van der Waals surface area contributed by atoms with Crippen molar-refractivity contribution in [3.63, 3.8) is 0 Å². The van der Waals surface area contributed by atoms with Crippen LogP contribution in [0.15, 0.2) is 53.7 Å². The molecule has 0 aliphatic carbocycles. The van der Waals surface area contributed by atoms with Crippen LogP contribution in [0, 0.1) is 0 Å². The Balaban J connectivity index is 1.95. The monoisotopic (exact) mass is 380 g/mol. The number of anilines is 1. The summed E-state index contributed by atoms with van der Waals surface area (Å²) in [6.07, 6.45) is 1.95. The Bertz CT molecular complexity index is 804. The van der Waals surface area contributed by atoms with Crippen LogP contribution in [0.3, 0.4) is 0 Å². The van der Waals surface area contributed by atoms with Gasteiger partial charge in [0.05, 0.1) is 6.21 Å². The molecule has 150 valence electrons. The molecule has 2 aromatic rings. The number of nitrogens with one attached hydrogen (secondary N) is 1. The van der Waals surface area contributed by atoms with Crippen molar-refractivity contribution in [2.24, 2.45) is 5.16 Å². The minimum Gasteiger partial charge on any atom is -0.383 e. The molecular weight excluding hydrogens is 348 g/mol. The van der Waals surface area contributed by atoms with E-state index in [9.17, 15) is 4.79 Å². The van der Waals surface area contributed by atoms with Gasteiger partial charge in [-0.05, 0) is 47.4 Å². The van der Waals surface area contributed by atoms with Gasteiger partial charge in [-0.15, -0.1) is 0 Å². The van der Waals surface area contributed by atoms with Crippen LogP contribution in [0.4, 0.5) is 5.69 Å². The minimum atomic E-state index is -0.685. The van der Waals surface area contributed by atoms with Gasteiger partial charge in [-0.2, -0.15) is 0 Å². The quantitative estimate of drug-likeness (QED) is 0.482. The van der Waals surface area contributed by atoms with Gasteiger partial charge in [0.25, 0.3) is 5.91 Å². The van der Waals surface area contributed by atoms with Gasteiger partial charge in [-0.3, -0.25) is 4.79 Å². The van der Waals surface area contributed by atoms with E-state index >= 15 is 0 Å². The molecule has 4 heteroatoms. The zero-order valence-corrected chi connectivity index (χ0v) is 17.8. The molecule has 0 aliphatic heterocycles. The lowest BCUT2D eigenvalue weighted by molar-refractivity contribution is -0.126. The van der Waals surface area contributed by atoms with Gasteiger partial charge in [0.1, 0.15) is 0 Å². The SMILES string of the molecule is CC[C@H](C)c1ccccc1NC(=O)[C@@H](C)O/N=C\c1ccc(C(C)(C)C)cc1. The standard InChI is InChI=1S/C24H32N2O2/c1-7-17(2)21-10-8-9-11-22(21)26-23(27)18(3)28-25-16-19-12-14-20(15-13-19)24(4,5)6/h8-18H,7H2,1-6H3,(H,26,27)/b25-16-/t17-,18+/m0/s1. The van der Waals surface area contributed by atoms with Crippen molar-refractivity contribution in [2.75, 3.05) is 5.32 Å². The van der Waals surface area contributed by atoms with Crippen LogP contribution >= 0.6 is 0 Å². The van der Waals surface area contributed by atoms with Crippen LogP contribution in [0.25, 0.3) is 0 Å². The molecule has 2 atom stereocenters. The summed E-state index contributed by atoms with van der Waals surface area (Å²) in [5.41, 5.74) is 4.28. The van der Waals surface area contributed by atoms with Gasteiger partial charge in [0, 0.05) is 5.69 Å². The molecule has 0 fully saturated rings. The molecule has 0 heterocycles. The Hall–Kier alpha value is -2.62. The summed E-state index contributed by atoms with van der Waals surface area (Å²) in [7, 11) is 0. The van der Waals surface area contributed by atoms with E-state index < -0.39 is 6.10 Å². The number of para-hydroxylation sites is 1. The molecule has 4 nitrogen and oxygen atoms in total. The predicted molar refractivity (Wildman–Crippen MR) is 117 cm³/mol. The number of oxime groups is 1. The van der Waals surface area contributed by atoms with E-state index in [2.05, 4.69) is 63.3 Å². The molecule has 0 spiro atoms. The van der Waals surface area contributed by atoms with Crippen LogP contribution in [0.1, 0.15) is 70.6 Å². The van der Waals surface area contributed by atoms with Gasteiger partial charge < -0.3 is 10.2 Å². The second-order valence-corrected chi connectivity index (χ2v) is 8.24. The molecule has 28 heavy (non-hydrogen) atoms. The number of benzene rings is 2. The van der Waals surface area contributed by atoms with Crippen molar-refractivity contribution in [3.8, 4) is 0 Å². The smallest absolute Gasteiger partial charge is 0.267 e. The Morgan fingerprint density at radius 1 is 1.11 bits per heavy atom. The molecule has 0 aromatic heterocycles. The third kappa shape index (κ3) is 5.95. The summed E-state index contributed by atoms with van der Waals surface area (Å²) >= 11 is 0. The molecule has 0 radical (unpaired) electrons. The Morgan fingerprint density at radius 3 is 2.36 bits per heavy atom. The van der Waals surface area contributed by atoms with E-state index in [-0.39, 0.29) is 11.3 Å². The first kappa shape index (κ1) is 21.7. The number of hydrogen-bond acceptors (Lipinski definition) is 3. The third-order valence-corrected chi connectivity index (χ3v) is 4.93. The highest BCUT2D eigenvalue weighted by molar-refractivity contribution is 5.94. The van der Waals surface area contributed by atoms with Gasteiger partial charge in [0.2, 0.25) is 6.10 Å². The number of carbonyl (C=O) groups excluding carboxylic acids is 1. The van der Waals surface area contributed by atoms with Crippen LogP contribution < -0.4 is 5.32 Å². The second kappa shape index (κ2) is 9.54. The van der Waals surface area contributed by atoms with Crippen LogP contribution in [-0.4, -0.2) is 18.2 Å². The zero-order chi connectivity index (χ0) is 20.7. The maximum absolute atomic E-state index is 12.5. The average Bonchev–Trinajstić information content (AvgIpc) is 2.67. The van der Waals surface area contributed by atoms with Crippen molar-refractivity contribution < 1.29 is 9.63 Å². The van der Waals surface area contributed by atoms with Crippen molar-refractivity contribution in [1.82, 2.24) is 0 Å². The molecule has 0 aliphatic rings. The first-order valence-electron chi connectivity index (χ1n) is 9.92. The van der Waals surface area contributed by atoms with E-state index in [1.807, 2.05) is 30.3 Å². The Kier molecular flexibility index (Phi) is 7.38. The summed E-state index contributed by atoms with van der Waals surface area (Å²) < 4.78 is 0. The number of hydrogen-bond donors (Lipinski definition) is 1.